The van der Waals surface area contributed by atoms with Crippen molar-refractivity contribution in [1.82, 2.24) is 4.90 Å². The Morgan fingerprint density at radius 1 is 0.947 bits per heavy atom. The van der Waals surface area contributed by atoms with Gasteiger partial charge in [0.05, 0.1) is 38.0 Å². The van der Waals surface area contributed by atoms with Crippen molar-refractivity contribution in [2.75, 3.05) is 34.5 Å². The summed E-state index contributed by atoms with van der Waals surface area (Å²) in [6.07, 6.45) is 0. The van der Waals surface area contributed by atoms with Gasteiger partial charge in [-0.25, -0.2) is 4.39 Å². The van der Waals surface area contributed by atoms with Gasteiger partial charge in [0.15, 0.2) is 0 Å². The Hall–Kier alpha value is -4.37. The summed E-state index contributed by atoms with van der Waals surface area (Å²) in [4.78, 5) is 27.7. The Bertz CT molecular complexity index is 1350. The molecule has 1 atom stereocenters. The zero-order chi connectivity index (χ0) is 27.2. The summed E-state index contributed by atoms with van der Waals surface area (Å²) >= 11 is 0. The number of benzene rings is 3. The zero-order valence-corrected chi connectivity index (χ0v) is 21.3. The molecule has 0 bridgehead atoms. The van der Waals surface area contributed by atoms with Gasteiger partial charge in [0.25, 0.3) is 11.7 Å². The summed E-state index contributed by atoms with van der Waals surface area (Å²) < 4.78 is 35.0. The highest BCUT2D eigenvalue weighted by Crippen LogP contribution is 2.42. The molecule has 8 nitrogen and oxygen atoms in total. The lowest BCUT2D eigenvalue weighted by atomic mass is 9.94. The highest BCUT2D eigenvalue weighted by molar-refractivity contribution is 6.46. The number of ketones is 1. The van der Waals surface area contributed by atoms with Crippen LogP contribution >= 0.6 is 0 Å². The molecule has 1 unspecified atom stereocenters. The molecule has 1 amide bonds. The Labute approximate surface area is 219 Å². The van der Waals surface area contributed by atoms with E-state index in [1.54, 1.807) is 48.5 Å². The molecule has 38 heavy (non-hydrogen) atoms. The molecule has 0 spiro atoms. The second-order valence-corrected chi connectivity index (χ2v) is 8.54. The van der Waals surface area contributed by atoms with Gasteiger partial charge in [0.1, 0.15) is 35.4 Å². The molecule has 1 aliphatic heterocycles. The van der Waals surface area contributed by atoms with Crippen LogP contribution in [0.4, 0.5) is 4.39 Å². The van der Waals surface area contributed by atoms with Crippen molar-refractivity contribution < 1.29 is 38.0 Å². The fraction of sp³-hybridized carbons (Fsp3) is 0.241. The molecule has 0 aromatic heterocycles. The molecule has 198 valence electrons. The number of hydrogen-bond acceptors (Lipinski definition) is 7. The molecule has 1 N–H and O–H groups in total. The number of halogens is 1. The lowest BCUT2D eigenvalue weighted by Crippen LogP contribution is -2.32. The first-order valence-corrected chi connectivity index (χ1v) is 11.8. The van der Waals surface area contributed by atoms with Gasteiger partial charge in [-0.3, -0.25) is 9.59 Å². The van der Waals surface area contributed by atoms with Crippen LogP contribution in [0, 0.1) is 5.82 Å². The average Bonchev–Trinajstić information content (AvgIpc) is 3.20. The van der Waals surface area contributed by atoms with Crippen molar-refractivity contribution in [3.8, 4) is 17.2 Å². The molecule has 3 aromatic rings. The van der Waals surface area contributed by atoms with E-state index in [4.69, 9.17) is 18.9 Å². The Balaban J connectivity index is 1.77. The van der Waals surface area contributed by atoms with Crippen molar-refractivity contribution in [1.29, 1.82) is 0 Å². The van der Waals surface area contributed by atoms with Crippen molar-refractivity contribution in [3.05, 3.63) is 94.8 Å². The predicted molar refractivity (Wildman–Crippen MR) is 138 cm³/mol. The van der Waals surface area contributed by atoms with Gasteiger partial charge in [-0.2, -0.15) is 0 Å². The first-order valence-electron chi connectivity index (χ1n) is 11.8. The smallest absolute Gasteiger partial charge is 0.295 e. The number of carbonyl (C=O) groups excluding carboxylic acids is 2. The van der Waals surface area contributed by atoms with E-state index in [0.717, 1.165) is 5.56 Å². The molecule has 3 aromatic carbocycles. The average molecular weight is 522 g/mol. The third-order valence-corrected chi connectivity index (χ3v) is 6.23. The van der Waals surface area contributed by atoms with Crippen molar-refractivity contribution in [2.45, 2.75) is 12.6 Å². The van der Waals surface area contributed by atoms with Gasteiger partial charge in [-0.05, 0) is 53.6 Å². The topological polar surface area (TPSA) is 94.5 Å². The van der Waals surface area contributed by atoms with E-state index in [1.165, 1.54) is 44.4 Å². The number of likely N-dealkylation sites (tertiary alicyclic amines) is 1. The van der Waals surface area contributed by atoms with Crippen molar-refractivity contribution in [3.63, 3.8) is 0 Å². The number of methoxy groups -OCH3 is 3. The summed E-state index contributed by atoms with van der Waals surface area (Å²) in [5, 5.41) is 11.4. The van der Waals surface area contributed by atoms with Crippen molar-refractivity contribution in [2.24, 2.45) is 0 Å². The first-order chi connectivity index (χ1) is 18.4. The van der Waals surface area contributed by atoms with Gasteiger partial charge in [-0.15, -0.1) is 0 Å². The van der Waals surface area contributed by atoms with E-state index in [2.05, 4.69) is 0 Å². The highest BCUT2D eigenvalue weighted by Gasteiger charge is 2.46. The van der Waals surface area contributed by atoms with Crippen LogP contribution in [-0.4, -0.2) is 56.2 Å². The molecule has 1 fully saturated rings. The third kappa shape index (κ3) is 5.47. The van der Waals surface area contributed by atoms with E-state index in [0.29, 0.717) is 22.8 Å². The minimum atomic E-state index is -0.907. The van der Waals surface area contributed by atoms with E-state index in [1.807, 2.05) is 0 Å². The van der Waals surface area contributed by atoms with E-state index in [9.17, 15) is 19.1 Å². The van der Waals surface area contributed by atoms with Crippen LogP contribution in [-0.2, 0) is 20.9 Å². The summed E-state index contributed by atoms with van der Waals surface area (Å²) in [7, 11) is 4.42. The van der Waals surface area contributed by atoms with Crippen LogP contribution in [0.1, 0.15) is 22.7 Å². The van der Waals surface area contributed by atoms with Crippen LogP contribution in [0.25, 0.3) is 5.76 Å². The molecule has 1 saturated heterocycles. The standard InChI is InChI=1S/C29H28FNO7/c1-35-14-13-31-26(19-5-4-6-22(15-19)38-17-18-7-9-20(30)10-8-18)25(28(33)29(31)34)27(32)23-16-21(36-2)11-12-24(23)37-3/h4-12,15-16,26,32H,13-14,17H2,1-3H3/b27-25+. The summed E-state index contributed by atoms with van der Waals surface area (Å²) in [5.41, 5.74) is 1.45. The summed E-state index contributed by atoms with van der Waals surface area (Å²) in [6, 6.07) is 16.8. The number of hydrogen-bond donors (Lipinski definition) is 1. The minimum Gasteiger partial charge on any atom is -0.507 e. The Morgan fingerprint density at radius 2 is 1.71 bits per heavy atom. The molecule has 0 saturated carbocycles. The van der Waals surface area contributed by atoms with Crippen LogP contribution in [0.3, 0.4) is 0 Å². The van der Waals surface area contributed by atoms with Crippen molar-refractivity contribution >= 4 is 17.4 Å². The molecular formula is C29H28FNO7. The number of aliphatic hydroxyl groups is 1. The molecular weight excluding hydrogens is 493 g/mol. The minimum absolute atomic E-state index is 0.0895. The predicted octanol–water partition coefficient (Wildman–Crippen LogP) is 4.49. The van der Waals surface area contributed by atoms with Gasteiger partial charge < -0.3 is 29.0 Å². The molecule has 1 heterocycles. The van der Waals surface area contributed by atoms with Gasteiger partial charge in [-0.1, -0.05) is 24.3 Å². The maximum Gasteiger partial charge on any atom is 0.295 e. The molecule has 9 heteroatoms. The van der Waals surface area contributed by atoms with Crippen LogP contribution in [0.2, 0.25) is 0 Å². The van der Waals surface area contributed by atoms with Crippen LogP contribution in [0.5, 0.6) is 17.2 Å². The number of nitrogens with zero attached hydrogens (tertiary/aromatic N) is 1. The quantitative estimate of drug-likeness (QED) is 0.239. The second kappa shape index (κ2) is 11.8. The number of ether oxygens (including phenoxy) is 4. The SMILES string of the molecule is COCCN1C(=O)C(=O)/C(=C(/O)c2cc(OC)ccc2OC)C1c1cccc(OCc2ccc(F)cc2)c1. The molecule has 4 rings (SSSR count). The molecule has 0 aliphatic carbocycles. The normalized spacial score (nSPS) is 16.5. The fourth-order valence-corrected chi connectivity index (χ4v) is 4.31. The second-order valence-electron chi connectivity index (χ2n) is 8.54. The summed E-state index contributed by atoms with van der Waals surface area (Å²) in [6.45, 7) is 0.500. The highest BCUT2D eigenvalue weighted by atomic mass is 19.1. The lowest BCUT2D eigenvalue weighted by Gasteiger charge is -2.25. The Morgan fingerprint density at radius 3 is 2.39 bits per heavy atom. The number of rotatable bonds is 10. The monoisotopic (exact) mass is 521 g/mol. The van der Waals surface area contributed by atoms with E-state index < -0.39 is 17.7 Å². The van der Waals surface area contributed by atoms with Gasteiger partial charge in [0.2, 0.25) is 0 Å². The maximum absolute atomic E-state index is 13.3. The lowest BCUT2D eigenvalue weighted by molar-refractivity contribution is -0.140. The molecule has 0 radical (unpaired) electrons. The number of aliphatic hydroxyl groups excluding tert-OH is 1. The maximum atomic E-state index is 13.3. The number of amides is 1. The summed E-state index contributed by atoms with van der Waals surface area (Å²) in [5.74, 6) is -1.09. The number of Topliss-reactive ketones (excluding diaryl/α,β-unsaturated/α-hetero) is 1. The molecule has 1 aliphatic rings. The van der Waals surface area contributed by atoms with Gasteiger partial charge >= 0.3 is 0 Å². The van der Waals surface area contributed by atoms with E-state index >= 15 is 0 Å². The van der Waals surface area contributed by atoms with E-state index in [-0.39, 0.29) is 42.5 Å². The zero-order valence-electron chi connectivity index (χ0n) is 21.3. The Kier molecular flexibility index (Phi) is 8.28. The largest absolute Gasteiger partial charge is 0.507 e. The fourth-order valence-electron chi connectivity index (χ4n) is 4.31. The third-order valence-electron chi connectivity index (χ3n) is 6.23. The number of carbonyl (C=O) groups is 2. The van der Waals surface area contributed by atoms with Crippen LogP contribution in [0.15, 0.2) is 72.3 Å². The van der Waals surface area contributed by atoms with Crippen LogP contribution < -0.4 is 14.2 Å². The first kappa shape index (κ1) is 26.7. The van der Waals surface area contributed by atoms with Gasteiger partial charge in [0, 0.05) is 13.7 Å².